The van der Waals surface area contributed by atoms with Crippen molar-refractivity contribution in [1.82, 2.24) is 0 Å². The van der Waals surface area contributed by atoms with E-state index >= 15 is 0 Å². The van der Waals surface area contributed by atoms with Crippen molar-refractivity contribution >= 4 is 0 Å². The van der Waals surface area contributed by atoms with Gasteiger partial charge in [0.15, 0.2) is 0 Å². The van der Waals surface area contributed by atoms with Crippen molar-refractivity contribution in [3.05, 3.63) is 0 Å². The molecule has 0 rings (SSSR count). The van der Waals surface area contributed by atoms with Crippen LogP contribution in [0.3, 0.4) is 0 Å². The Labute approximate surface area is 87.4 Å². The van der Waals surface area contributed by atoms with Crippen LogP contribution in [0.25, 0.3) is 0 Å². The van der Waals surface area contributed by atoms with Gasteiger partial charge in [0.05, 0.1) is 0 Å². The Morgan fingerprint density at radius 2 is 0.500 bits per heavy atom. The minimum atomic E-state index is 0. The Morgan fingerprint density at radius 1 is 0.500 bits per heavy atom. The molecular weight excluding hydrogens is 436 g/mol. The molecule has 0 nitrogen and oxygen atoms in total. The van der Waals surface area contributed by atoms with Crippen LogP contribution in [0.4, 0.5) is 0 Å². The predicted molar refractivity (Wildman–Crippen MR) is 0 cm³/mol. The van der Waals surface area contributed by atoms with Gasteiger partial charge in [0, 0.05) is 0 Å². The maximum absolute atomic E-state index is 0. The molecule has 0 saturated carbocycles. The number of halogens is 3. The summed E-state index contributed by atoms with van der Waals surface area (Å²) in [7, 11) is 0. The summed E-state index contributed by atoms with van der Waals surface area (Å²) in [6, 6.07) is 0. The molecule has 0 unspecified atom stereocenters. The molecule has 0 heterocycles. The Bertz CT molecular complexity index is 3.25. The first kappa shape index (κ1) is 29.8. The van der Waals surface area contributed by atoms with Gasteiger partial charge in [-0.1, -0.05) is 0 Å². The Balaban J connectivity index is 0. The fraction of sp³-hybridized carbons (Fsp3) is 0. The van der Waals surface area contributed by atoms with Crippen LogP contribution < -0.4 is 71.9 Å². The van der Waals surface area contributed by atoms with Gasteiger partial charge in [-0.3, -0.25) is 0 Å². The zero-order valence-corrected chi connectivity index (χ0v) is 9.16. The van der Waals surface area contributed by atoms with Crippen LogP contribution in [-0.2, 0) is 17.1 Å². The average Bonchev–Trinajstić information content (AvgIpc) is 0. The maximum atomic E-state index is 0. The minimum absolute atomic E-state index is 0. The first-order chi connectivity index (χ1) is 0. The van der Waals surface area contributed by atoms with Crippen LogP contribution in [-0.4, -0.2) is 0 Å². The quantitative estimate of drug-likeness (QED) is 0.262. The standard InChI is InChI=1S/3HI.Mn/h3*1H;/q;;;+3/p-3. The first-order valence-corrected chi connectivity index (χ1v) is 0. The molecule has 0 aromatic heterocycles. The summed E-state index contributed by atoms with van der Waals surface area (Å²) >= 11 is 0. The zero-order chi connectivity index (χ0) is 0. The summed E-state index contributed by atoms with van der Waals surface area (Å²) < 4.78 is 0. The van der Waals surface area contributed by atoms with E-state index in [9.17, 15) is 0 Å². The summed E-state index contributed by atoms with van der Waals surface area (Å²) in [4.78, 5) is 0. The molecule has 0 aromatic carbocycles. The van der Waals surface area contributed by atoms with Gasteiger partial charge in [0.25, 0.3) is 0 Å². The number of rotatable bonds is 0. The van der Waals surface area contributed by atoms with E-state index in [1.807, 2.05) is 0 Å². The molecule has 0 aromatic rings. The van der Waals surface area contributed by atoms with Crippen molar-refractivity contribution in [2.45, 2.75) is 0 Å². The van der Waals surface area contributed by atoms with E-state index in [0.717, 1.165) is 0 Å². The van der Waals surface area contributed by atoms with Gasteiger partial charge < -0.3 is 71.9 Å². The first-order valence-electron chi connectivity index (χ1n) is 0. The Hall–Kier alpha value is 2.71. The van der Waals surface area contributed by atoms with Crippen molar-refractivity contribution in [2.24, 2.45) is 0 Å². The van der Waals surface area contributed by atoms with Crippen molar-refractivity contribution in [1.29, 1.82) is 0 Å². The number of hydrogen-bond acceptors (Lipinski definition) is 0. The minimum Gasteiger partial charge on any atom is -1.00 e. The summed E-state index contributed by atoms with van der Waals surface area (Å²) in [6.45, 7) is 0. The van der Waals surface area contributed by atoms with Crippen LogP contribution in [0.1, 0.15) is 0 Å². The molecule has 0 aliphatic rings. The second-order valence-electron chi connectivity index (χ2n) is 0. The summed E-state index contributed by atoms with van der Waals surface area (Å²) in [5.41, 5.74) is 0. The van der Waals surface area contributed by atoms with Crippen LogP contribution in [0.2, 0.25) is 0 Å². The second kappa shape index (κ2) is 17.2. The van der Waals surface area contributed by atoms with E-state index in [2.05, 4.69) is 0 Å². The van der Waals surface area contributed by atoms with E-state index in [1.54, 1.807) is 0 Å². The molecule has 0 fully saturated rings. The van der Waals surface area contributed by atoms with Gasteiger partial charge in [0.2, 0.25) is 0 Å². The molecule has 0 saturated heterocycles. The molecule has 0 radical (unpaired) electrons. The Morgan fingerprint density at radius 3 is 0.500 bits per heavy atom. The van der Waals surface area contributed by atoms with Crippen molar-refractivity contribution < 1.29 is 89.0 Å². The van der Waals surface area contributed by atoms with Gasteiger partial charge in [-0.25, -0.2) is 0 Å². The largest absolute Gasteiger partial charge is 3.00 e. The molecule has 0 aliphatic carbocycles. The molecule has 0 aliphatic heterocycles. The van der Waals surface area contributed by atoms with Crippen molar-refractivity contribution in [3.8, 4) is 0 Å². The fourth-order valence-electron chi connectivity index (χ4n) is 0. The Kier molecular flexibility index (Phi) is 128. The summed E-state index contributed by atoms with van der Waals surface area (Å²) in [6.07, 6.45) is 0. The van der Waals surface area contributed by atoms with Gasteiger partial charge >= 0.3 is 17.1 Å². The zero-order valence-electron chi connectivity index (χ0n) is 1.51. The van der Waals surface area contributed by atoms with Crippen LogP contribution in [0, 0.1) is 0 Å². The summed E-state index contributed by atoms with van der Waals surface area (Å²) in [5, 5.41) is 0. The molecule has 28 valence electrons. The number of hydrogen-bond donors (Lipinski definition) is 0. The molecule has 0 amide bonds. The van der Waals surface area contributed by atoms with Crippen molar-refractivity contribution in [2.75, 3.05) is 0 Å². The van der Waals surface area contributed by atoms with Gasteiger partial charge in [-0.05, 0) is 0 Å². The summed E-state index contributed by atoms with van der Waals surface area (Å²) in [5.74, 6) is 0. The van der Waals surface area contributed by atoms with E-state index < -0.39 is 0 Å². The monoisotopic (exact) mass is 436 g/mol. The third kappa shape index (κ3) is 8.83. The molecule has 0 bridgehead atoms. The SMILES string of the molecule is [I-].[I-].[I-].[Mn+3]. The second-order valence-corrected chi connectivity index (χ2v) is 0. The molecule has 0 atom stereocenters. The third-order valence-corrected chi connectivity index (χ3v) is 0. The molecular formula is I3Mn. The van der Waals surface area contributed by atoms with E-state index in [0.29, 0.717) is 0 Å². The van der Waals surface area contributed by atoms with E-state index in [-0.39, 0.29) is 89.0 Å². The van der Waals surface area contributed by atoms with Gasteiger partial charge in [0.1, 0.15) is 0 Å². The molecule has 4 heteroatoms. The van der Waals surface area contributed by atoms with Crippen LogP contribution in [0.15, 0.2) is 0 Å². The van der Waals surface area contributed by atoms with E-state index in [1.165, 1.54) is 0 Å². The van der Waals surface area contributed by atoms with E-state index in [4.69, 9.17) is 0 Å². The topological polar surface area (TPSA) is 0 Å². The van der Waals surface area contributed by atoms with Crippen LogP contribution in [0.5, 0.6) is 0 Å². The van der Waals surface area contributed by atoms with Gasteiger partial charge in [-0.15, -0.1) is 0 Å². The third-order valence-electron chi connectivity index (χ3n) is 0. The van der Waals surface area contributed by atoms with Gasteiger partial charge in [-0.2, -0.15) is 0 Å². The predicted octanol–water partition coefficient (Wildman–Crippen LogP) is -8.99. The maximum Gasteiger partial charge on any atom is 3.00 e. The van der Waals surface area contributed by atoms with Crippen molar-refractivity contribution in [3.63, 3.8) is 0 Å². The smallest absolute Gasteiger partial charge is 1.00 e. The average molecular weight is 436 g/mol. The molecule has 0 spiro atoms. The fourth-order valence-corrected chi connectivity index (χ4v) is 0. The molecule has 0 N–H and O–H groups in total. The normalized spacial score (nSPS) is 0. The van der Waals surface area contributed by atoms with Crippen LogP contribution >= 0.6 is 0 Å². The molecule has 4 heavy (non-hydrogen) atoms.